The number of aryl methyl sites for hydroxylation is 3. The van der Waals surface area contributed by atoms with Gasteiger partial charge in [-0.25, -0.2) is 5.43 Å². The second-order valence-electron chi connectivity index (χ2n) is 6.27. The molecular formula is C21H26N2O5. The highest BCUT2D eigenvalue weighted by Crippen LogP contribution is 2.37. The Kier molecular flexibility index (Phi) is 7.26. The van der Waals surface area contributed by atoms with E-state index >= 15 is 0 Å². The summed E-state index contributed by atoms with van der Waals surface area (Å²) in [5, 5.41) is 3.96. The third kappa shape index (κ3) is 5.16. The van der Waals surface area contributed by atoms with E-state index in [0.717, 1.165) is 16.7 Å². The first-order valence-electron chi connectivity index (χ1n) is 8.72. The summed E-state index contributed by atoms with van der Waals surface area (Å²) in [5.74, 6) is 1.85. The fourth-order valence-corrected chi connectivity index (χ4v) is 2.92. The van der Waals surface area contributed by atoms with Crippen LogP contribution in [-0.2, 0) is 4.79 Å². The van der Waals surface area contributed by atoms with Gasteiger partial charge in [0, 0.05) is 5.56 Å². The lowest BCUT2D eigenvalue weighted by molar-refractivity contribution is -0.123. The molecule has 0 unspecified atom stereocenters. The van der Waals surface area contributed by atoms with E-state index in [4.69, 9.17) is 18.9 Å². The maximum atomic E-state index is 12.0. The van der Waals surface area contributed by atoms with Gasteiger partial charge in [-0.15, -0.1) is 0 Å². The number of benzene rings is 2. The molecule has 0 aliphatic rings. The van der Waals surface area contributed by atoms with Crippen molar-refractivity contribution < 1.29 is 23.7 Å². The Morgan fingerprint density at radius 3 is 2.00 bits per heavy atom. The van der Waals surface area contributed by atoms with Gasteiger partial charge in [0.1, 0.15) is 5.75 Å². The minimum Gasteiger partial charge on any atom is -0.493 e. The van der Waals surface area contributed by atoms with Crippen LogP contribution in [0.2, 0.25) is 0 Å². The van der Waals surface area contributed by atoms with Gasteiger partial charge >= 0.3 is 0 Å². The minimum atomic E-state index is -0.358. The van der Waals surface area contributed by atoms with Gasteiger partial charge in [0.05, 0.1) is 27.5 Å². The van der Waals surface area contributed by atoms with Crippen molar-refractivity contribution in [3.63, 3.8) is 0 Å². The number of hydrazone groups is 1. The van der Waals surface area contributed by atoms with Crippen molar-refractivity contribution in [1.82, 2.24) is 5.43 Å². The van der Waals surface area contributed by atoms with Crippen LogP contribution in [0.5, 0.6) is 23.0 Å². The van der Waals surface area contributed by atoms with Gasteiger partial charge in [-0.2, -0.15) is 5.10 Å². The molecule has 0 fully saturated rings. The van der Waals surface area contributed by atoms with Gasteiger partial charge < -0.3 is 18.9 Å². The van der Waals surface area contributed by atoms with Gasteiger partial charge in [0.2, 0.25) is 5.75 Å². The lowest BCUT2D eigenvalue weighted by Crippen LogP contribution is -2.25. The zero-order valence-corrected chi connectivity index (χ0v) is 17.1. The third-order valence-corrected chi connectivity index (χ3v) is 4.04. The van der Waals surface area contributed by atoms with Crippen LogP contribution in [0.15, 0.2) is 29.4 Å². The Labute approximate surface area is 165 Å². The number of amides is 1. The van der Waals surface area contributed by atoms with Gasteiger partial charge in [0.15, 0.2) is 18.1 Å². The number of hydrogen-bond donors (Lipinski definition) is 1. The van der Waals surface area contributed by atoms with Crippen molar-refractivity contribution in [2.75, 3.05) is 27.9 Å². The SMILES string of the molecule is COc1cc(/C=N\NC(=O)COc2c(C)cc(C)cc2C)cc(OC)c1OC. The summed E-state index contributed by atoms with van der Waals surface area (Å²) in [6.07, 6.45) is 1.49. The molecule has 2 rings (SSSR count). The number of rotatable bonds is 8. The molecule has 2 aromatic carbocycles. The normalized spacial score (nSPS) is 10.6. The largest absolute Gasteiger partial charge is 0.493 e. The Balaban J connectivity index is 2.00. The van der Waals surface area contributed by atoms with E-state index in [1.54, 1.807) is 12.1 Å². The number of carbonyl (C=O) groups excluding carboxylic acids is 1. The molecule has 150 valence electrons. The predicted octanol–water partition coefficient (Wildman–Crippen LogP) is 3.17. The van der Waals surface area contributed by atoms with Crippen molar-refractivity contribution in [3.8, 4) is 23.0 Å². The summed E-state index contributed by atoms with van der Waals surface area (Å²) in [6, 6.07) is 7.49. The highest BCUT2D eigenvalue weighted by Gasteiger charge is 2.12. The Bertz CT molecular complexity index is 829. The number of nitrogens with one attached hydrogen (secondary N) is 1. The average molecular weight is 386 g/mol. The number of ether oxygens (including phenoxy) is 4. The lowest BCUT2D eigenvalue weighted by Gasteiger charge is -2.13. The second-order valence-corrected chi connectivity index (χ2v) is 6.27. The van der Waals surface area contributed by atoms with E-state index in [0.29, 0.717) is 28.6 Å². The Morgan fingerprint density at radius 2 is 1.50 bits per heavy atom. The number of methoxy groups -OCH3 is 3. The first-order chi connectivity index (χ1) is 13.4. The summed E-state index contributed by atoms with van der Waals surface area (Å²) < 4.78 is 21.5. The van der Waals surface area contributed by atoms with E-state index in [1.807, 2.05) is 32.9 Å². The summed E-state index contributed by atoms with van der Waals surface area (Å²) in [6.45, 7) is 5.80. The summed E-state index contributed by atoms with van der Waals surface area (Å²) >= 11 is 0. The Morgan fingerprint density at radius 1 is 0.929 bits per heavy atom. The van der Waals surface area contributed by atoms with Crippen molar-refractivity contribution in [2.24, 2.45) is 5.10 Å². The van der Waals surface area contributed by atoms with Crippen LogP contribution < -0.4 is 24.4 Å². The summed E-state index contributed by atoms with van der Waals surface area (Å²) in [5.41, 5.74) is 6.27. The van der Waals surface area contributed by atoms with E-state index in [2.05, 4.69) is 10.5 Å². The molecule has 7 nitrogen and oxygen atoms in total. The summed E-state index contributed by atoms with van der Waals surface area (Å²) in [7, 11) is 4.60. The zero-order chi connectivity index (χ0) is 20.7. The van der Waals surface area contributed by atoms with E-state index in [-0.39, 0.29) is 12.5 Å². The van der Waals surface area contributed by atoms with Crippen LogP contribution in [0.3, 0.4) is 0 Å². The number of carbonyl (C=O) groups is 1. The minimum absolute atomic E-state index is 0.128. The molecule has 2 aromatic rings. The molecule has 0 heterocycles. The van der Waals surface area contributed by atoms with Crippen molar-refractivity contribution in [1.29, 1.82) is 0 Å². The molecule has 0 spiro atoms. The smallest absolute Gasteiger partial charge is 0.277 e. The number of nitrogens with zero attached hydrogens (tertiary/aromatic N) is 1. The highest BCUT2D eigenvalue weighted by atomic mass is 16.5. The first-order valence-corrected chi connectivity index (χ1v) is 8.72. The number of hydrogen-bond acceptors (Lipinski definition) is 6. The maximum Gasteiger partial charge on any atom is 0.277 e. The molecule has 28 heavy (non-hydrogen) atoms. The lowest BCUT2D eigenvalue weighted by atomic mass is 10.1. The fraction of sp³-hybridized carbons (Fsp3) is 0.333. The molecule has 0 aliphatic heterocycles. The van der Waals surface area contributed by atoms with Gasteiger partial charge in [0.25, 0.3) is 5.91 Å². The average Bonchev–Trinajstić information content (AvgIpc) is 2.66. The molecule has 0 aromatic heterocycles. The van der Waals surface area contributed by atoms with Crippen LogP contribution in [0.4, 0.5) is 0 Å². The van der Waals surface area contributed by atoms with Crippen LogP contribution in [-0.4, -0.2) is 40.1 Å². The highest BCUT2D eigenvalue weighted by molar-refractivity contribution is 5.84. The standard InChI is InChI=1S/C21H26N2O5/c1-13-7-14(2)20(15(3)8-13)28-12-19(24)23-22-11-16-9-17(25-4)21(27-6)18(10-16)26-5/h7-11H,12H2,1-6H3,(H,23,24)/b22-11-. The molecule has 0 atom stereocenters. The third-order valence-electron chi connectivity index (χ3n) is 4.04. The molecule has 0 radical (unpaired) electrons. The molecule has 0 saturated carbocycles. The molecule has 0 aliphatic carbocycles. The second kappa shape index (κ2) is 9.64. The molecule has 7 heteroatoms. The fourth-order valence-electron chi connectivity index (χ4n) is 2.92. The van der Waals surface area contributed by atoms with Crippen molar-refractivity contribution >= 4 is 12.1 Å². The van der Waals surface area contributed by atoms with E-state index in [9.17, 15) is 4.79 Å². The summed E-state index contributed by atoms with van der Waals surface area (Å²) in [4.78, 5) is 12.0. The van der Waals surface area contributed by atoms with Crippen molar-refractivity contribution in [2.45, 2.75) is 20.8 Å². The predicted molar refractivity (Wildman–Crippen MR) is 108 cm³/mol. The molecule has 0 saturated heterocycles. The topological polar surface area (TPSA) is 78.4 Å². The first kappa shape index (κ1) is 21.1. The maximum absolute atomic E-state index is 12.0. The molecule has 1 N–H and O–H groups in total. The van der Waals surface area contributed by atoms with Gasteiger partial charge in [-0.1, -0.05) is 17.7 Å². The van der Waals surface area contributed by atoms with Crippen LogP contribution in [0.1, 0.15) is 22.3 Å². The van der Waals surface area contributed by atoms with Crippen molar-refractivity contribution in [3.05, 3.63) is 46.5 Å². The monoisotopic (exact) mass is 386 g/mol. The van der Waals surface area contributed by atoms with Crippen LogP contribution >= 0.6 is 0 Å². The zero-order valence-electron chi connectivity index (χ0n) is 17.1. The van der Waals surface area contributed by atoms with E-state index < -0.39 is 0 Å². The molecular weight excluding hydrogens is 360 g/mol. The van der Waals surface area contributed by atoms with Gasteiger partial charge in [-0.05, 0) is 44.0 Å². The van der Waals surface area contributed by atoms with E-state index in [1.165, 1.54) is 27.5 Å². The van der Waals surface area contributed by atoms with Crippen LogP contribution in [0.25, 0.3) is 0 Å². The Hall–Kier alpha value is -3.22. The van der Waals surface area contributed by atoms with Gasteiger partial charge in [-0.3, -0.25) is 4.79 Å². The molecule has 1 amide bonds. The quantitative estimate of drug-likeness (QED) is 0.557. The molecule has 0 bridgehead atoms. The van der Waals surface area contributed by atoms with Crippen LogP contribution in [0, 0.1) is 20.8 Å².